The number of carbonyl (C=O) groups excluding carboxylic acids is 1. The van der Waals surface area contributed by atoms with Crippen LogP contribution in [0.4, 0.5) is 0 Å². The van der Waals surface area contributed by atoms with Gasteiger partial charge in [-0.15, -0.1) is 0 Å². The number of carbonyl (C=O) groups is 1. The van der Waals surface area contributed by atoms with E-state index in [9.17, 15) is 9.59 Å². The first kappa shape index (κ1) is 22.4. The number of furan rings is 1. The molecule has 174 valence electrons. The van der Waals surface area contributed by atoms with Gasteiger partial charge in [0.05, 0.1) is 36.0 Å². The molecule has 4 aromatic rings. The van der Waals surface area contributed by atoms with Crippen molar-refractivity contribution in [3.63, 3.8) is 0 Å². The molecule has 0 bridgehead atoms. The molecule has 1 aliphatic rings. The fourth-order valence-corrected chi connectivity index (χ4v) is 4.55. The molecule has 1 aliphatic heterocycles. The first-order valence-electron chi connectivity index (χ1n) is 10.6. The second-order valence-electron chi connectivity index (χ2n) is 7.62. The molecule has 5 rings (SSSR count). The van der Waals surface area contributed by atoms with Crippen molar-refractivity contribution in [3.05, 3.63) is 82.0 Å². The Morgan fingerprint density at radius 1 is 1.18 bits per heavy atom. The van der Waals surface area contributed by atoms with E-state index >= 15 is 0 Å². The summed E-state index contributed by atoms with van der Waals surface area (Å²) in [6.07, 6.45) is 1.26. The quantitative estimate of drug-likeness (QED) is 0.307. The molecule has 0 fully saturated rings. The molecule has 1 N–H and O–H groups in total. The fourth-order valence-electron chi connectivity index (χ4n) is 3.55. The Balaban J connectivity index is 1.28. The van der Waals surface area contributed by atoms with Crippen LogP contribution in [0.5, 0.6) is 11.5 Å². The number of ether oxygens (including phenoxy) is 2. The van der Waals surface area contributed by atoms with Gasteiger partial charge < -0.3 is 19.2 Å². The second kappa shape index (κ2) is 9.82. The first-order chi connectivity index (χ1) is 16.6. The van der Waals surface area contributed by atoms with Gasteiger partial charge in [-0.2, -0.15) is 0 Å². The Morgan fingerprint density at radius 3 is 2.85 bits per heavy atom. The van der Waals surface area contributed by atoms with Gasteiger partial charge in [-0.1, -0.05) is 35.5 Å². The minimum absolute atomic E-state index is 0.0703. The predicted octanol–water partition coefficient (Wildman–Crippen LogP) is 3.74. The van der Waals surface area contributed by atoms with Crippen LogP contribution in [-0.2, 0) is 11.3 Å². The average Bonchev–Trinajstić information content (AvgIpc) is 3.36. The molecule has 34 heavy (non-hydrogen) atoms. The summed E-state index contributed by atoms with van der Waals surface area (Å²) in [6, 6.07) is 15.9. The highest BCUT2D eigenvalue weighted by Crippen LogP contribution is 2.30. The number of amides is 1. The molecule has 10 heteroatoms. The van der Waals surface area contributed by atoms with Crippen LogP contribution >= 0.6 is 23.4 Å². The molecular formula is C24H20ClN3O5S. The van der Waals surface area contributed by atoms with Crippen LogP contribution in [0.25, 0.3) is 10.9 Å². The van der Waals surface area contributed by atoms with Gasteiger partial charge in [0.2, 0.25) is 5.91 Å². The van der Waals surface area contributed by atoms with Crippen molar-refractivity contribution in [1.29, 1.82) is 0 Å². The zero-order chi connectivity index (χ0) is 23.5. The molecule has 1 amide bonds. The smallest absolute Gasteiger partial charge is 0.262 e. The van der Waals surface area contributed by atoms with Crippen LogP contribution in [0.3, 0.4) is 0 Å². The molecule has 0 saturated carbocycles. The molecule has 0 unspecified atom stereocenters. The fraction of sp³-hybridized carbons (Fsp3) is 0.208. The van der Waals surface area contributed by atoms with Gasteiger partial charge in [-0.3, -0.25) is 14.2 Å². The number of hydrogen-bond acceptors (Lipinski definition) is 7. The predicted molar refractivity (Wildman–Crippen MR) is 129 cm³/mol. The molecule has 1 atom stereocenters. The Labute approximate surface area is 203 Å². The summed E-state index contributed by atoms with van der Waals surface area (Å²) in [7, 11) is 0. The van der Waals surface area contributed by atoms with Crippen LogP contribution in [0.1, 0.15) is 5.76 Å². The van der Waals surface area contributed by atoms with Crippen LogP contribution in [0.15, 0.2) is 75.2 Å². The summed E-state index contributed by atoms with van der Waals surface area (Å²) in [5.41, 5.74) is 0.245. The molecule has 2 aromatic carbocycles. The maximum atomic E-state index is 13.2. The number of rotatable bonds is 7. The molecule has 0 saturated heterocycles. The van der Waals surface area contributed by atoms with E-state index in [1.807, 2.05) is 24.3 Å². The molecular weight excluding hydrogens is 478 g/mol. The van der Waals surface area contributed by atoms with E-state index in [-0.39, 0.29) is 29.9 Å². The summed E-state index contributed by atoms with van der Waals surface area (Å²) in [4.78, 5) is 30.3. The Kier molecular flexibility index (Phi) is 6.46. The lowest BCUT2D eigenvalue weighted by atomic mass is 10.2. The van der Waals surface area contributed by atoms with E-state index in [4.69, 9.17) is 25.5 Å². The van der Waals surface area contributed by atoms with Gasteiger partial charge >= 0.3 is 0 Å². The topological polar surface area (TPSA) is 95.6 Å². The van der Waals surface area contributed by atoms with E-state index in [0.717, 1.165) is 0 Å². The van der Waals surface area contributed by atoms with Gasteiger partial charge in [0.1, 0.15) is 18.5 Å². The van der Waals surface area contributed by atoms with Crippen molar-refractivity contribution in [2.75, 3.05) is 18.9 Å². The third kappa shape index (κ3) is 4.90. The normalized spacial score (nSPS) is 14.8. The standard InChI is InChI=1S/C24H20ClN3O5S/c25-15-7-8-18-19(10-15)27-24(28(23(18)30)12-16-4-3-9-31-16)34-14-22(29)26-11-17-13-32-20-5-1-2-6-21(20)33-17/h1-10,17H,11-14H2,(H,26,29)/t17-/m1/s1. The minimum atomic E-state index is -0.290. The van der Waals surface area contributed by atoms with Gasteiger partial charge in [0.15, 0.2) is 16.7 Å². The number of nitrogens with zero attached hydrogens (tertiary/aromatic N) is 2. The number of benzene rings is 2. The first-order valence-corrected chi connectivity index (χ1v) is 11.9. The van der Waals surface area contributed by atoms with Crippen LogP contribution in [0, 0.1) is 0 Å². The van der Waals surface area contributed by atoms with Crippen molar-refractivity contribution in [2.24, 2.45) is 0 Å². The number of fused-ring (bicyclic) bond motifs is 2. The molecule has 3 heterocycles. The number of hydrogen-bond donors (Lipinski definition) is 1. The molecule has 0 radical (unpaired) electrons. The highest BCUT2D eigenvalue weighted by molar-refractivity contribution is 7.99. The van der Waals surface area contributed by atoms with Crippen LogP contribution < -0.4 is 20.3 Å². The Morgan fingerprint density at radius 2 is 2.03 bits per heavy atom. The summed E-state index contributed by atoms with van der Waals surface area (Å²) in [5.74, 6) is 1.82. The van der Waals surface area contributed by atoms with Crippen LogP contribution in [0.2, 0.25) is 5.02 Å². The number of para-hydroxylation sites is 2. The average molecular weight is 498 g/mol. The largest absolute Gasteiger partial charge is 0.486 e. The summed E-state index contributed by atoms with van der Waals surface area (Å²) >= 11 is 7.27. The molecule has 0 spiro atoms. The monoisotopic (exact) mass is 497 g/mol. The number of aromatic nitrogens is 2. The number of nitrogens with one attached hydrogen (secondary N) is 1. The van der Waals surface area contributed by atoms with E-state index in [2.05, 4.69) is 10.3 Å². The van der Waals surface area contributed by atoms with Gasteiger partial charge in [-0.05, 0) is 42.5 Å². The van der Waals surface area contributed by atoms with Gasteiger partial charge in [0.25, 0.3) is 5.56 Å². The number of halogens is 1. The van der Waals surface area contributed by atoms with Crippen molar-refractivity contribution in [2.45, 2.75) is 17.8 Å². The molecule has 2 aromatic heterocycles. The maximum Gasteiger partial charge on any atom is 0.262 e. The number of thioether (sulfide) groups is 1. The van der Waals surface area contributed by atoms with Crippen molar-refractivity contribution in [3.8, 4) is 11.5 Å². The highest BCUT2D eigenvalue weighted by atomic mass is 35.5. The Bertz CT molecular complexity index is 1390. The van der Waals surface area contributed by atoms with Gasteiger partial charge in [0, 0.05) is 5.02 Å². The highest BCUT2D eigenvalue weighted by Gasteiger charge is 2.21. The van der Waals surface area contributed by atoms with Crippen molar-refractivity contribution in [1.82, 2.24) is 14.9 Å². The van der Waals surface area contributed by atoms with E-state index in [1.54, 1.807) is 36.6 Å². The minimum Gasteiger partial charge on any atom is -0.486 e. The second-order valence-corrected chi connectivity index (χ2v) is 9.00. The summed E-state index contributed by atoms with van der Waals surface area (Å²) in [6.45, 7) is 0.849. The summed E-state index contributed by atoms with van der Waals surface area (Å²) < 4.78 is 18.5. The van der Waals surface area contributed by atoms with Gasteiger partial charge in [-0.25, -0.2) is 4.98 Å². The lowest BCUT2D eigenvalue weighted by Crippen LogP contribution is -2.41. The lowest BCUT2D eigenvalue weighted by Gasteiger charge is -2.26. The Hall–Kier alpha value is -3.43. The molecule has 0 aliphatic carbocycles. The third-order valence-electron chi connectivity index (χ3n) is 5.20. The van der Waals surface area contributed by atoms with E-state index < -0.39 is 0 Å². The van der Waals surface area contributed by atoms with Crippen molar-refractivity contribution >= 4 is 40.2 Å². The van der Waals surface area contributed by atoms with Crippen LogP contribution in [-0.4, -0.2) is 40.5 Å². The van der Waals surface area contributed by atoms with E-state index in [0.29, 0.717) is 51.5 Å². The zero-order valence-corrected chi connectivity index (χ0v) is 19.5. The lowest BCUT2D eigenvalue weighted by molar-refractivity contribution is -0.119. The van der Waals surface area contributed by atoms with Crippen molar-refractivity contribution < 1.29 is 18.7 Å². The SMILES string of the molecule is O=C(CSc1nc2cc(Cl)ccc2c(=O)n1Cc1ccco1)NC[C@@H]1COc2ccccc2O1. The maximum absolute atomic E-state index is 13.2. The summed E-state index contributed by atoms with van der Waals surface area (Å²) in [5, 5.41) is 4.18. The van der Waals surface area contributed by atoms with E-state index in [1.165, 1.54) is 16.3 Å². The third-order valence-corrected chi connectivity index (χ3v) is 6.41. The zero-order valence-electron chi connectivity index (χ0n) is 17.9. The molecule has 8 nitrogen and oxygen atoms in total.